The third-order valence-electron chi connectivity index (χ3n) is 4.78. The Kier molecular flexibility index (Phi) is 6.22. The van der Waals surface area contributed by atoms with E-state index >= 15 is 0 Å². The smallest absolute Gasteiger partial charge is 0.224 e. The van der Waals surface area contributed by atoms with Crippen LogP contribution in [0.2, 0.25) is 0 Å². The normalized spacial score (nSPS) is 19.2. The van der Waals surface area contributed by atoms with Crippen LogP contribution in [0, 0.1) is 0 Å². The van der Waals surface area contributed by atoms with E-state index in [9.17, 15) is 9.90 Å². The fourth-order valence-corrected chi connectivity index (χ4v) is 3.33. The number of benzene rings is 1. The number of amides is 1. The van der Waals surface area contributed by atoms with Crippen LogP contribution >= 0.6 is 0 Å². The van der Waals surface area contributed by atoms with E-state index < -0.39 is 6.23 Å². The fourth-order valence-electron chi connectivity index (χ4n) is 3.33. The average Bonchev–Trinajstić information content (AvgIpc) is 2.83. The van der Waals surface area contributed by atoms with E-state index in [4.69, 9.17) is 0 Å². The van der Waals surface area contributed by atoms with Gasteiger partial charge in [0.05, 0.1) is 0 Å². The Morgan fingerprint density at radius 3 is 2.67 bits per heavy atom. The van der Waals surface area contributed by atoms with Crippen molar-refractivity contribution < 1.29 is 9.90 Å². The topological polar surface area (TPSA) is 40.5 Å². The minimum Gasteiger partial charge on any atom is -0.374 e. The SMILES string of the molecule is CC(=CCCc1ccccc1C(C)(C)C)CCN1C(=O)CCC1O. The van der Waals surface area contributed by atoms with Crippen molar-refractivity contribution in [2.45, 2.75) is 71.4 Å². The molecular weight excluding hydrogens is 298 g/mol. The van der Waals surface area contributed by atoms with Crippen molar-refractivity contribution >= 4 is 5.91 Å². The monoisotopic (exact) mass is 329 g/mol. The summed E-state index contributed by atoms with van der Waals surface area (Å²) in [6.07, 6.45) is 5.63. The van der Waals surface area contributed by atoms with Crippen LogP contribution < -0.4 is 0 Å². The molecule has 1 unspecified atom stereocenters. The minimum atomic E-state index is -0.580. The van der Waals surface area contributed by atoms with Crippen LogP contribution in [0.1, 0.15) is 64.5 Å². The van der Waals surface area contributed by atoms with Crippen molar-refractivity contribution in [1.29, 1.82) is 0 Å². The molecule has 2 rings (SSSR count). The molecule has 24 heavy (non-hydrogen) atoms. The Balaban J connectivity index is 1.87. The van der Waals surface area contributed by atoms with Gasteiger partial charge in [0.15, 0.2) is 0 Å². The lowest BCUT2D eigenvalue weighted by atomic mass is 9.82. The van der Waals surface area contributed by atoms with Crippen molar-refractivity contribution in [3.63, 3.8) is 0 Å². The first-order valence-corrected chi connectivity index (χ1v) is 9.00. The highest BCUT2D eigenvalue weighted by Crippen LogP contribution is 2.26. The summed E-state index contributed by atoms with van der Waals surface area (Å²) in [6.45, 7) is 9.51. The molecule has 0 spiro atoms. The summed E-state index contributed by atoms with van der Waals surface area (Å²) in [7, 11) is 0. The highest BCUT2D eigenvalue weighted by molar-refractivity contribution is 5.78. The lowest BCUT2D eigenvalue weighted by Crippen LogP contribution is -2.33. The van der Waals surface area contributed by atoms with E-state index in [-0.39, 0.29) is 11.3 Å². The number of rotatable bonds is 6. The second-order valence-corrected chi connectivity index (χ2v) is 7.85. The van der Waals surface area contributed by atoms with Crippen molar-refractivity contribution in [2.24, 2.45) is 0 Å². The Morgan fingerprint density at radius 1 is 1.33 bits per heavy atom. The van der Waals surface area contributed by atoms with Gasteiger partial charge in [0.25, 0.3) is 0 Å². The van der Waals surface area contributed by atoms with Crippen molar-refractivity contribution in [2.75, 3.05) is 6.54 Å². The largest absolute Gasteiger partial charge is 0.374 e. The summed E-state index contributed by atoms with van der Waals surface area (Å²) in [5.41, 5.74) is 4.29. The summed E-state index contributed by atoms with van der Waals surface area (Å²) >= 11 is 0. The van der Waals surface area contributed by atoms with Gasteiger partial charge in [-0.3, -0.25) is 4.79 Å². The van der Waals surface area contributed by atoms with Gasteiger partial charge in [-0.05, 0) is 42.7 Å². The van der Waals surface area contributed by atoms with E-state index in [0.29, 0.717) is 19.4 Å². The number of nitrogens with zero attached hydrogens (tertiary/aromatic N) is 1. The second kappa shape index (κ2) is 7.98. The van der Waals surface area contributed by atoms with Gasteiger partial charge in [-0.1, -0.05) is 56.7 Å². The number of aliphatic hydroxyl groups excluding tert-OH is 1. The quantitative estimate of drug-likeness (QED) is 0.795. The van der Waals surface area contributed by atoms with E-state index in [2.05, 4.69) is 58.0 Å². The minimum absolute atomic E-state index is 0.0782. The van der Waals surface area contributed by atoms with Crippen LogP contribution in [0.5, 0.6) is 0 Å². The third kappa shape index (κ3) is 4.94. The maximum absolute atomic E-state index is 11.7. The summed E-state index contributed by atoms with van der Waals surface area (Å²) in [5, 5.41) is 9.79. The van der Waals surface area contributed by atoms with Crippen LogP contribution in [-0.2, 0) is 16.6 Å². The Labute approximate surface area is 146 Å². The maximum atomic E-state index is 11.7. The molecule has 1 saturated heterocycles. The highest BCUT2D eigenvalue weighted by Gasteiger charge is 2.28. The van der Waals surface area contributed by atoms with Gasteiger partial charge in [0.2, 0.25) is 5.91 Å². The van der Waals surface area contributed by atoms with Gasteiger partial charge in [-0.2, -0.15) is 0 Å². The summed E-state index contributed by atoms with van der Waals surface area (Å²) in [6, 6.07) is 8.68. The lowest BCUT2D eigenvalue weighted by Gasteiger charge is -2.22. The fraction of sp³-hybridized carbons (Fsp3) is 0.571. The van der Waals surface area contributed by atoms with Gasteiger partial charge in [0, 0.05) is 19.4 Å². The molecule has 1 aromatic carbocycles. The van der Waals surface area contributed by atoms with Crippen molar-refractivity contribution in [3.8, 4) is 0 Å². The summed E-state index contributed by atoms with van der Waals surface area (Å²) < 4.78 is 0. The molecule has 0 radical (unpaired) electrons. The van der Waals surface area contributed by atoms with E-state index in [1.54, 1.807) is 4.90 Å². The molecule has 132 valence electrons. The van der Waals surface area contributed by atoms with Gasteiger partial charge < -0.3 is 10.0 Å². The molecule has 3 nitrogen and oxygen atoms in total. The Hall–Kier alpha value is -1.61. The van der Waals surface area contributed by atoms with Crippen molar-refractivity contribution in [1.82, 2.24) is 4.90 Å². The van der Waals surface area contributed by atoms with Crippen LogP contribution in [-0.4, -0.2) is 28.7 Å². The van der Waals surface area contributed by atoms with Crippen LogP contribution in [0.15, 0.2) is 35.9 Å². The van der Waals surface area contributed by atoms with E-state index in [0.717, 1.165) is 19.3 Å². The standard InChI is InChI=1S/C21H31NO2/c1-16(14-15-22-19(23)12-13-20(22)24)8-7-10-17-9-5-6-11-18(17)21(2,3)4/h5-6,8-9,11,19,23H,7,10,12-15H2,1-4H3. The molecule has 1 fully saturated rings. The number of carbonyl (C=O) groups is 1. The molecule has 1 atom stereocenters. The number of aliphatic hydroxyl groups is 1. The predicted molar refractivity (Wildman–Crippen MR) is 98.8 cm³/mol. The number of aryl methyl sites for hydroxylation is 1. The van der Waals surface area contributed by atoms with Crippen LogP contribution in [0.25, 0.3) is 0 Å². The Morgan fingerprint density at radius 2 is 2.04 bits per heavy atom. The van der Waals surface area contributed by atoms with Gasteiger partial charge in [0.1, 0.15) is 6.23 Å². The zero-order valence-electron chi connectivity index (χ0n) is 15.5. The zero-order chi connectivity index (χ0) is 17.7. The van der Waals surface area contributed by atoms with E-state index in [1.165, 1.54) is 16.7 Å². The number of hydrogen-bond acceptors (Lipinski definition) is 2. The molecule has 0 saturated carbocycles. The number of allylic oxidation sites excluding steroid dienone is 1. The molecule has 1 heterocycles. The number of carbonyl (C=O) groups excluding carboxylic acids is 1. The van der Waals surface area contributed by atoms with Gasteiger partial charge >= 0.3 is 0 Å². The Bertz CT molecular complexity index is 598. The number of likely N-dealkylation sites (tertiary alicyclic amines) is 1. The molecule has 0 aromatic heterocycles. The second-order valence-electron chi connectivity index (χ2n) is 7.85. The van der Waals surface area contributed by atoms with Crippen LogP contribution in [0.3, 0.4) is 0 Å². The molecule has 1 amide bonds. The molecule has 1 aromatic rings. The van der Waals surface area contributed by atoms with Gasteiger partial charge in [-0.15, -0.1) is 0 Å². The zero-order valence-corrected chi connectivity index (χ0v) is 15.5. The molecule has 0 aliphatic carbocycles. The predicted octanol–water partition coefficient (Wildman–Crippen LogP) is 4.19. The molecule has 1 aliphatic rings. The van der Waals surface area contributed by atoms with Crippen LogP contribution in [0.4, 0.5) is 0 Å². The van der Waals surface area contributed by atoms with E-state index in [1.807, 2.05) is 0 Å². The molecule has 3 heteroatoms. The molecule has 1 N–H and O–H groups in total. The lowest BCUT2D eigenvalue weighted by molar-refractivity contribution is -0.133. The molecule has 0 bridgehead atoms. The first-order valence-electron chi connectivity index (χ1n) is 9.00. The third-order valence-corrected chi connectivity index (χ3v) is 4.78. The summed E-state index contributed by atoms with van der Waals surface area (Å²) in [5.74, 6) is 0.0782. The number of hydrogen-bond donors (Lipinski definition) is 1. The first kappa shape index (κ1) is 18.7. The molecular formula is C21H31NO2. The summed E-state index contributed by atoms with van der Waals surface area (Å²) in [4.78, 5) is 13.3. The maximum Gasteiger partial charge on any atom is 0.224 e. The van der Waals surface area contributed by atoms with Crippen molar-refractivity contribution in [3.05, 3.63) is 47.0 Å². The molecule has 1 aliphatic heterocycles. The van der Waals surface area contributed by atoms with Gasteiger partial charge in [-0.25, -0.2) is 0 Å². The first-order chi connectivity index (χ1) is 11.3. The average molecular weight is 329 g/mol. The highest BCUT2D eigenvalue weighted by atomic mass is 16.3.